The number of nitrogens with zero attached hydrogens (tertiary/aromatic N) is 1. The van der Waals surface area contributed by atoms with Crippen molar-refractivity contribution >= 4 is 15.2 Å². The molecule has 0 amide bonds. The quantitative estimate of drug-likeness (QED) is 0.177. The van der Waals surface area contributed by atoms with Crippen molar-refractivity contribution in [3.8, 4) is 0 Å². The molecule has 0 aliphatic rings. The topological polar surface area (TPSA) is 139 Å². The molecule has 0 aromatic carbocycles. The first-order valence-corrected chi connectivity index (χ1v) is 10.3. The molecule has 0 saturated heterocycles. The number of rotatable bonds is 11. The fraction of sp³-hybridized carbons (Fsp3) is 1.00. The summed E-state index contributed by atoms with van der Waals surface area (Å²) in [6.07, 6.45) is -0.622. The summed E-state index contributed by atoms with van der Waals surface area (Å²) in [5, 5.41) is 0. The summed E-state index contributed by atoms with van der Waals surface area (Å²) >= 11 is 0. The van der Waals surface area contributed by atoms with Gasteiger partial charge in [0, 0.05) is 25.7 Å². The zero-order valence-electron chi connectivity index (χ0n) is 16.6. The second-order valence-electron chi connectivity index (χ2n) is 5.21. The summed E-state index contributed by atoms with van der Waals surface area (Å²) in [7, 11) is -9.82. The minimum atomic E-state index is -4.91. The van der Waals surface area contributed by atoms with Crippen LogP contribution >= 0.6 is 15.2 Å². The third-order valence-corrected chi connectivity index (χ3v) is 4.68. The van der Waals surface area contributed by atoms with Gasteiger partial charge in [-0.2, -0.15) is 0 Å². The first-order chi connectivity index (χ1) is 9.44. The summed E-state index contributed by atoms with van der Waals surface area (Å²) < 4.78 is 26.9. The molecule has 0 heterocycles. The molecule has 0 bridgehead atoms. The van der Waals surface area contributed by atoms with Crippen molar-refractivity contribution in [2.45, 2.75) is 39.7 Å². The predicted molar refractivity (Wildman–Crippen MR) is 71.1 cm³/mol. The van der Waals surface area contributed by atoms with Crippen LogP contribution in [0.4, 0.5) is 0 Å². The van der Waals surface area contributed by atoms with Crippen LogP contribution in [0.15, 0.2) is 0 Å². The van der Waals surface area contributed by atoms with Crippen molar-refractivity contribution in [3.63, 3.8) is 0 Å². The van der Waals surface area contributed by atoms with E-state index in [0.717, 1.165) is 11.3 Å². The largest absolute Gasteiger partial charge is 1.00 e. The molecular weight excluding hydrogens is 412 g/mol. The molecule has 0 fully saturated rings. The summed E-state index contributed by atoms with van der Waals surface area (Å²) in [6, 6.07) is 0. The zero-order chi connectivity index (χ0) is 16.7. The molecule has 0 aromatic rings. The van der Waals surface area contributed by atoms with Crippen LogP contribution in [-0.4, -0.2) is 36.7 Å². The standard InChI is InChI=1S/C11H27NO7P2.4Na/c1-4-10(2)11(3)19-7-5-6-12(8-20(13,14)15)9-21(16,17)18;;;;/h10-11H,4-9H2,1-3H3,(H2,13,14,15)(H2,16,17,18);;;;/q;4*+1/p-4. The van der Waals surface area contributed by atoms with E-state index in [-0.39, 0.29) is 131 Å². The first kappa shape index (κ1) is 39.7. The number of hydrogen-bond donors (Lipinski definition) is 0. The van der Waals surface area contributed by atoms with Gasteiger partial charge in [0.2, 0.25) is 0 Å². The van der Waals surface area contributed by atoms with Crippen molar-refractivity contribution in [3.05, 3.63) is 0 Å². The van der Waals surface area contributed by atoms with Gasteiger partial charge in [0.1, 0.15) is 0 Å². The van der Waals surface area contributed by atoms with Gasteiger partial charge < -0.3 is 33.4 Å². The Balaban J connectivity index is -0.000000333. The maximum absolute atomic E-state index is 10.7. The maximum atomic E-state index is 10.7. The maximum Gasteiger partial charge on any atom is 1.00 e. The molecule has 0 aromatic heterocycles. The third kappa shape index (κ3) is 26.2. The second-order valence-corrected chi connectivity index (χ2v) is 8.22. The fourth-order valence-corrected chi connectivity index (χ4v) is 3.35. The van der Waals surface area contributed by atoms with Crippen molar-refractivity contribution in [1.29, 1.82) is 0 Å². The van der Waals surface area contributed by atoms with E-state index in [1.54, 1.807) is 0 Å². The van der Waals surface area contributed by atoms with Gasteiger partial charge in [0.15, 0.2) is 0 Å². The minimum absolute atomic E-state index is 0. The third-order valence-electron chi connectivity index (χ3n) is 3.19. The summed E-state index contributed by atoms with van der Waals surface area (Å²) in [5.74, 6) is 0.369. The number of hydrogen-bond acceptors (Lipinski definition) is 8. The van der Waals surface area contributed by atoms with Gasteiger partial charge in [0.05, 0.1) is 6.10 Å². The van der Waals surface area contributed by atoms with Crippen molar-refractivity contribution < 1.29 is 152 Å². The fourth-order valence-electron chi connectivity index (χ4n) is 1.73. The normalized spacial score (nSPS) is 13.6. The molecule has 2 unspecified atom stereocenters. The molecule has 2 atom stereocenters. The van der Waals surface area contributed by atoms with Crippen LogP contribution in [0.5, 0.6) is 0 Å². The Kier molecular flexibility index (Phi) is 32.0. The van der Waals surface area contributed by atoms with E-state index in [2.05, 4.69) is 0 Å². The molecule has 0 saturated carbocycles. The molecule has 0 aliphatic heterocycles. The van der Waals surface area contributed by atoms with E-state index in [9.17, 15) is 28.7 Å². The van der Waals surface area contributed by atoms with E-state index in [0.29, 0.717) is 18.9 Å². The summed E-state index contributed by atoms with van der Waals surface area (Å²) in [5.41, 5.74) is 0. The molecule has 0 aliphatic carbocycles. The Hall–Kier alpha value is 4.22. The Morgan fingerprint density at radius 2 is 1.32 bits per heavy atom. The van der Waals surface area contributed by atoms with Crippen molar-refractivity contribution in [1.82, 2.24) is 4.90 Å². The SMILES string of the molecule is CCC(C)C(C)OCCCN(CP(=O)([O-])[O-])CP(=O)([O-])[O-].[Na+].[Na+].[Na+].[Na+]. The molecule has 25 heavy (non-hydrogen) atoms. The first-order valence-electron chi connectivity index (χ1n) is 6.80. The van der Waals surface area contributed by atoms with Gasteiger partial charge in [0.25, 0.3) is 0 Å². The van der Waals surface area contributed by atoms with Gasteiger partial charge in [-0.1, -0.05) is 35.5 Å². The van der Waals surface area contributed by atoms with E-state index in [1.807, 2.05) is 20.8 Å². The van der Waals surface area contributed by atoms with Gasteiger partial charge in [-0.15, -0.1) is 0 Å². The zero-order valence-corrected chi connectivity index (χ0v) is 26.4. The van der Waals surface area contributed by atoms with Gasteiger partial charge in [-0.25, -0.2) is 0 Å². The predicted octanol–water partition coefficient (Wildman–Crippen LogP) is -13.1. The van der Waals surface area contributed by atoms with Crippen LogP contribution < -0.4 is 138 Å². The Labute approximate surface area is 239 Å². The van der Waals surface area contributed by atoms with Gasteiger partial charge >= 0.3 is 118 Å². The molecule has 128 valence electrons. The van der Waals surface area contributed by atoms with Crippen LogP contribution in [-0.2, 0) is 13.9 Å². The van der Waals surface area contributed by atoms with Crippen LogP contribution in [0.1, 0.15) is 33.6 Å². The molecule has 0 spiro atoms. The van der Waals surface area contributed by atoms with E-state index >= 15 is 0 Å². The van der Waals surface area contributed by atoms with Gasteiger partial charge in [-0.3, -0.25) is 4.90 Å². The van der Waals surface area contributed by atoms with Crippen LogP contribution in [0.3, 0.4) is 0 Å². The summed E-state index contributed by atoms with van der Waals surface area (Å²) in [4.78, 5) is 43.6. The average Bonchev–Trinajstić information content (AvgIpc) is 2.29. The van der Waals surface area contributed by atoms with E-state index < -0.39 is 27.8 Å². The molecule has 8 nitrogen and oxygen atoms in total. The Morgan fingerprint density at radius 3 is 1.64 bits per heavy atom. The Bertz CT molecular complexity index is 373. The van der Waals surface area contributed by atoms with Crippen molar-refractivity contribution in [2.24, 2.45) is 5.92 Å². The average molecular weight is 435 g/mol. The van der Waals surface area contributed by atoms with E-state index in [1.165, 1.54) is 0 Å². The van der Waals surface area contributed by atoms with Crippen LogP contribution in [0.2, 0.25) is 0 Å². The second kappa shape index (κ2) is 20.1. The molecular formula is C11H23NNa4O7P2. The molecule has 0 N–H and O–H groups in total. The monoisotopic (exact) mass is 435 g/mol. The summed E-state index contributed by atoms with van der Waals surface area (Å²) in [6.45, 7) is 6.28. The Morgan fingerprint density at radius 1 is 0.920 bits per heavy atom. The molecule has 14 heteroatoms. The smallest absolute Gasteiger partial charge is 0.810 e. The van der Waals surface area contributed by atoms with E-state index in [4.69, 9.17) is 4.74 Å². The minimum Gasteiger partial charge on any atom is -0.810 e. The van der Waals surface area contributed by atoms with Gasteiger partial charge in [-0.05, 0) is 19.3 Å². The molecule has 0 rings (SSSR count). The van der Waals surface area contributed by atoms with Crippen LogP contribution in [0, 0.1) is 5.92 Å². The molecule has 0 radical (unpaired) electrons. The van der Waals surface area contributed by atoms with Crippen LogP contribution in [0.25, 0.3) is 0 Å². The number of ether oxygens (including phenoxy) is 1. The van der Waals surface area contributed by atoms with Crippen molar-refractivity contribution in [2.75, 3.05) is 25.7 Å².